The van der Waals surface area contributed by atoms with Crippen LogP contribution in [0.2, 0.25) is 0 Å². The van der Waals surface area contributed by atoms with Crippen molar-refractivity contribution >= 4 is 12.0 Å². The fraction of sp³-hybridized carbons (Fsp3) is 0.364. The van der Waals surface area contributed by atoms with Crippen LogP contribution in [0.1, 0.15) is 30.9 Å². The minimum Gasteiger partial charge on any atom is -0.398 e. The molecule has 2 N–H and O–H groups in total. The molecule has 0 radical (unpaired) electrons. The highest BCUT2D eigenvalue weighted by Crippen LogP contribution is 2.19. The molecule has 0 aromatic heterocycles. The lowest BCUT2D eigenvalue weighted by molar-refractivity contribution is -0.108. The van der Waals surface area contributed by atoms with E-state index in [1.165, 1.54) is 0 Å². The molecular weight excluding hydrogens is 162 g/mol. The lowest BCUT2D eigenvalue weighted by atomic mass is 9.99. The Bertz CT molecular complexity index is 307. The molecule has 2 heteroatoms. The van der Waals surface area contributed by atoms with E-state index in [2.05, 4.69) is 6.92 Å². The molecular formula is C11H15NO. The summed E-state index contributed by atoms with van der Waals surface area (Å²) < 4.78 is 0. The van der Waals surface area contributed by atoms with Gasteiger partial charge in [-0.15, -0.1) is 0 Å². The normalized spacial score (nSPS) is 12.5. The minimum atomic E-state index is -0.0618. The summed E-state index contributed by atoms with van der Waals surface area (Å²) in [6, 6.07) is 5.84. The molecule has 0 aliphatic heterocycles. The van der Waals surface area contributed by atoms with Crippen LogP contribution < -0.4 is 5.73 Å². The Balaban J connectivity index is 3.02. The van der Waals surface area contributed by atoms with Crippen LogP contribution in [0.3, 0.4) is 0 Å². The Morgan fingerprint density at radius 3 is 2.69 bits per heavy atom. The number of hydrogen-bond donors (Lipinski definition) is 1. The van der Waals surface area contributed by atoms with Crippen molar-refractivity contribution in [3.8, 4) is 0 Å². The summed E-state index contributed by atoms with van der Waals surface area (Å²) in [4.78, 5) is 10.5. The molecule has 1 atom stereocenters. The molecule has 0 saturated carbocycles. The zero-order valence-electron chi connectivity index (χ0n) is 8.08. The van der Waals surface area contributed by atoms with E-state index in [4.69, 9.17) is 5.73 Å². The minimum absolute atomic E-state index is 0.0618. The summed E-state index contributed by atoms with van der Waals surface area (Å²) >= 11 is 0. The van der Waals surface area contributed by atoms with Crippen LogP contribution >= 0.6 is 0 Å². The second kappa shape index (κ2) is 4.08. The van der Waals surface area contributed by atoms with E-state index in [-0.39, 0.29) is 5.92 Å². The van der Waals surface area contributed by atoms with Gasteiger partial charge in [-0.1, -0.05) is 26.0 Å². The van der Waals surface area contributed by atoms with E-state index < -0.39 is 0 Å². The van der Waals surface area contributed by atoms with Crippen LogP contribution in [-0.4, -0.2) is 6.29 Å². The van der Waals surface area contributed by atoms with E-state index in [0.717, 1.165) is 29.5 Å². The predicted octanol–water partition coefficient (Wildman–Crippen LogP) is 2.13. The third kappa shape index (κ3) is 2.08. The van der Waals surface area contributed by atoms with E-state index in [9.17, 15) is 4.79 Å². The number of aldehydes is 1. The summed E-state index contributed by atoms with van der Waals surface area (Å²) in [5.41, 5.74) is 8.73. The Labute approximate surface area is 78.8 Å². The first-order chi connectivity index (χ1) is 6.19. The molecule has 1 aromatic carbocycles. The summed E-state index contributed by atoms with van der Waals surface area (Å²) in [6.07, 6.45) is 1.86. The van der Waals surface area contributed by atoms with Gasteiger partial charge in [0.15, 0.2) is 0 Å². The lowest BCUT2D eigenvalue weighted by Gasteiger charge is -2.08. The maximum atomic E-state index is 10.5. The quantitative estimate of drug-likeness (QED) is 0.567. The number of anilines is 1. The zero-order valence-corrected chi connectivity index (χ0v) is 8.08. The fourth-order valence-corrected chi connectivity index (χ4v) is 1.30. The molecule has 0 amide bonds. The molecule has 2 nitrogen and oxygen atoms in total. The van der Waals surface area contributed by atoms with Gasteiger partial charge in [-0.25, -0.2) is 0 Å². The van der Waals surface area contributed by atoms with Gasteiger partial charge in [-0.3, -0.25) is 0 Å². The van der Waals surface area contributed by atoms with Crippen molar-refractivity contribution in [2.75, 3.05) is 5.73 Å². The molecule has 1 unspecified atom stereocenters. The smallest absolute Gasteiger partial charge is 0.127 e. The standard InChI is InChI=1S/C11H15NO/c1-3-9-4-5-10(6-11(9)12)8(2)7-13/h4-8H,3,12H2,1-2H3. The summed E-state index contributed by atoms with van der Waals surface area (Å²) in [5, 5.41) is 0. The van der Waals surface area contributed by atoms with Crippen molar-refractivity contribution in [1.82, 2.24) is 0 Å². The third-order valence-corrected chi connectivity index (χ3v) is 2.28. The Morgan fingerprint density at radius 1 is 1.54 bits per heavy atom. The second-order valence-electron chi connectivity index (χ2n) is 3.24. The zero-order chi connectivity index (χ0) is 9.84. The highest BCUT2D eigenvalue weighted by atomic mass is 16.1. The van der Waals surface area contributed by atoms with Gasteiger partial charge in [0.25, 0.3) is 0 Å². The van der Waals surface area contributed by atoms with Gasteiger partial charge in [0, 0.05) is 11.6 Å². The largest absolute Gasteiger partial charge is 0.398 e. The van der Waals surface area contributed by atoms with Gasteiger partial charge >= 0.3 is 0 Å². The second-order valence-corrected chi connectivity index (χ2v) is 3.24. The molecule has 1 aromatic rings. The molecule has 1 rings (SSSR count). The van der Waals surface area contributed by atoms with E-state index in [0.29, 0.717) is 0 Å². The number of aryl methyl sites for hydroxylation is 1. The third-order valence-electron chi connectivity index (χ3n) is 2.28. The summed E-state index contributed by atoms with van der Waals surface area (Å²) in [6.45, 7) is 3.93. The van der Waals surface area contributed by atoms with Gasteiger partial charge in [0.2, 0.25) is 0 Å². The number of hydrogen-bond acceptors (Lipinski definition) is 2. The lowest BCUT2D eigenvalue weighted by Crippen LogP contribution is -1.98. The first-order valence-corrected chi connectivity index (χ1v) is 4.52. The van der Waals surface area contributed by atoms with Gasteiger partial charge in [0.1, 0.15) is 6.29 Å². The first-order valence-electron chi connectivity index (χ1n) is 4.52. The van der Waals surface area contributed by atoms with Gasteiger partial charge in [-0.2, -0.15) is 0 Å². The average molecular weight is 177 g/mol. The Hall–Kier alpha value is -1.31. The molecule has 13 heavy (non-hydrogen) atoms. The first kappa shape index (κ1) is 9.78. The number of carbonyl (C=O) groups is 1. The molecule has 0 spiro atoms. The number of carbonyl (C=O) groups excluding carboxylic acids is 1. The van der Waals surface area contributed by atoms with Crippen LogP contribution in [-0.2, 0) is 11.2 Å². The van der Waals surface area contributed by atoms with E-state index in [1.54, 1.807) is 0 Å². The van der Waals surface area contributed by atoms with Crippen LogP contribution in [0, 0.1) is 0 Å². The van der Waals surface area contributed by atoms with Crippen molar-refractivity contribution in [3.63, 3.8) is 0 Å². The van der Waals surface area contributed by atoms with Crippen molar-refractivity contribution in [2.24, 2.45) is 0 Å². The van der Waals surface area contributed by atoms with Crippen molar-refractivity contribution in [2.45, 2.75) is 26.2 Å². The Morgan fingerprint density at radius 2 is 2.23 bits per heavy atom. The highest BCUT2D eigenvalue weighted by Gasteiger charge is 2.05. The van der Waals surface area contributed by atoms with Crippen molar-refractivity contribution in [3.05, 3.63) is 29.3 Å². The molecule has 70 valence electrons. The number of nitrogen functional groups attached to an aromatic ring is 1. The monoisotopic (exact) mass is 177 g/mol. The molecule has 0 fully saturated rings. The maximum absolute atomic E-state index is 10.5. The van der Waals surface area contributed by atoms with Crippen LogP contribution in [0.5, 0.6) is 0 Å². The molecule has 0 bridgehead atoms. The Kier molecular flexibility index (Phi) is 3.07. The average Bonchev–Trinajstić information content (AvgIpc) is 2.16. The summed E-state index contributed by atoms with van der Waals surface area (Å²) in [7, 11) is 0. The van der Waals surface area contributed by atoms with Crippen molar-refractivity contribution in [1.29, 1.82) is 0 Å². The van der Waals surface area contributed by atoms with Crippen LogP contribution in [0.25, 0.3) is 0 Å². The van der Waals surface area contributed by atoms with Gasteiger partial charge in [-0.05, 0) is 23.6 Å². The van der Waals surface area contributed by atoms with Crippen LogP contribution in [0.4, 0.5) is 5.69 Å². The number of rotatable bonds is 3. The van der Waals surface area contributed by atoms with E-state index >= 15 is 0 Å². The van der Waals surface area contributed by atoms with Gasteiger partial charge in [0.05, 0.1) is 0 Å². The van der Waals surface area contributed by atoms with Crippen molar-refractivity contribution < 1.29 is 4.79 Å². The maximum Gasteiger partial charge on any atom is 0.127 e. The molecule has 0 aliphatic rings. The SMILES string of the molecule is CCc1ccc(C(C)C=O)cc1N. The van der Waals surface area contributed by atoms with E-state index in [1.807, 2.05) is 25.1 Å². The van der Waals surface area contributed by atoms with Crippen LogP contribution in [0.15, 0.2) is 18.2 Å². The fourth-order valence-electron chi connectivity index (χ4n) is 1.30. The molecule has 0 heterocycles. The predicted molar refractivity (Wildman–Crippen MR) is 54.7 cm³/mol. The molecule has 0 aliphatic carbocycles. The molecule has 0 saturated heterocycles. The number of nitrogens with two attached hydrogens (primary N) is 1. The van der Waals surface area contributed by atoms with Gasteiger partial charge < -0.3 is 10.5 Å². The topological polar surface area (TPSA) is 43.1 Å². The summed E-state index contributed by atoms with van der Waals surface area (Å²) in [5.74, 6) is -0.0618. The number of benzene rings is 1. The highest BCUT2D eigenvalue weighted by molar-refractivity contribution is 5.63.